The molecule has 0 saturated heterocycles. The summed E-state index contributed by atoms with van der Waals surface area (Å²) in [6, 6.07) is 0. The Hall–Kier alpha value is -0.470. The Morgan fingerprint density at radius 2 is 1.65 bits per heavy atom. The molecule has 0 aromatic heterocycles. The number of aliphatic hydroxyl groups is 2. The zero-order valence-electron chi connectivity index (χ0n) is 24.5. The van der Waals surface area contributed by atoms with Crippen molar-refractivity contribution < 1.29 is 22.8 Å². The first-order valence-corrected chi connectivity index (χ1v) is 16.0. The first-order valence-electron chi connectivity index (χ1n) is 14.5. The summed E-state index contributed by atoms with van der Waals surface area (Å²) in [6.45, 7) is 17.7. The summed E-state index contributed by atoms with van der Waals surface area (Å²) in [4.78, 5) is 0. The molecule has 4 saturated carbocycles. The van der Waals surface area contributed by atoms with Crippen LogP contribution in [-0.4, -0.2) is 36.4 Å². The number of fused-ring (bicyclic) bond motifs is 5. The predicted molar refractivity (Wildman–Crippen MR) is 148 cm³/mol. The highest BCUT2D eigenvalue weighted by molar-refractivity contribution is 7.84. The summed E-state index contributed by atoms with van der Waals surface area (Å²) in [6.07, 6.45) is 9.02. The van der Waals surface area contributed by atoms with Crippen molar-refractivity contribution in [3.05, 3.63) is 11.6 Å². The van der Waals surface area contributed by atoms with Crippen LogP contribution in [0.4, 0.5) is 0 Å². The fourth-order valence-corrected chi connectivity index (χ4v) is 11.1. The van der Waals surface area contributed by atoms with E-state index in [1.807, 2.05) is 6.92 Å². The molecule has 4 N–H and O–H groups in total. The minimum absolute atomic E-state index is 0.00967. The van der Waals surface area contributed by atoms with Gasteiger partial charge in [0.1, 0.15) is 0 Å². The van der Waals surface area contributed by atoms with E-state index in [0.29, 0.717) is 18.8 Å². The van der Waals surface area contributed by atoms with E-state index in [1.54, 1.807) is 0 Å². The van der Waals surface area contributed by atoms with E-state index >= 15 is 0 Å². The molecule has 6 nitrogen and oxygen atoms in total. The topological polar surface area (TPSA) is 110 Å². The molecule has 0 amide bonds. The van der Waals surface area contributed by atoms with Crippen LogP contribution in [0.2, 0.25) is 0 Å². The third kappa shape index (κ3) is 4.67. The number of hydrogen-bond donors (Lipinski definition) is 3. The normalized spacial score (nSPS) is 46.8. The van der Waals surface area contributed by atoms with E-state index in [4.69, 9.17) is 9.32 Å². The van der Waals surface area contributed by atoms with Crippen LogP contribution in [-0.2, 0) is 14.5 Å². The molecule has 4 fully saturated rings. The molecule has 0 heterocycles. The summed E-state index contributed by atoms with van der Waals surface area (Å²) < 4.78 is 30.6. The zero-order valence-corrected chi connectivity index (χ0v) is 25.3. The maximum absolute atomic E-state index is 12.4. The number of hydrogen-bond acceptors (Lipinski definition) is 5. The van der Waals surface area contributed by atoms with Gasteiger partial charge in [-0.2, -0.15) is 8.42 Å². The van der Waals surface area contributed by atoms with Gasteiger partial charge in [0, 0.05) is 0 Å². The molecule has 4 aliphatic carbocycles. The van der Waals surface area contributed by atoms with Crippen LogP contribution in [0, 0.1) is 45.3 Å². The first kappa shape index (κ1) is 29.5. The van der Waals surface area contributed by atoms with Gasteiger partial charge in [-0.05, 0) is 124 Å². The molecule has 0 spiro atoms. The van der Waals surface area contributed by atoms with Crippen LogP contribution in [0.15, 0.2) is 11.6 Å². The van der Waals surface area contributed by atoms with E-state index in [0.717, 1.165) is 44.9 Å². The first-order chi connectivity index (χ1) is 16.8. The van der Waals surface area contributed by atoms with E-state index in [9.17, 15) is 18.6 Å². The highest BCUT2D eigenvalue weighted by atomic mass is 32.2. The second-order valence-electron chi connectivity index (χ2n) is 15.1. The van der Waals surface area contributed by atoms with Gasteiger partial charge >= 0.3 is 10.3 Å². The highest BCUT2D eigenvalue weighted by Gasteiger charge is 2.71. The van der Waals surface area contributed by atoms with Crippen molar-refractivity contribution in [2.45, 2.75) is 131 Å². The standard InChI is InChI=1S/C30H53NO5S/c1-19(2)10-9-14-30(8,33)20-11-16-29(7)25(20)21(36-37(31,34)35)18-23-27(5)15-13-24(32)26(3,4)22(27)12-17-28(23,29)6/h10,20-25,32-33H,9,11-18H2,1-8H3,(H2,31,34,35)/t20-,21+,22-,23+,24-,25-,27-,28+,29+,30+/m0/s1. The number of aliphatic hydroxyl groups excluding tert-OH is 1. The van der Waals surface area contributed by atoms with Crippen LogP contribution < -0.4 is 5.14 Å². The molecule has 4 rings (SSSR count). The highest BCUT2D eigenvalue weighted by Crippen LogP contribution is 2.76. The van der Waals surface area contributed by atoms with Crippen molar-refractivity contribution in [2.24, 2.45) is 50.5 Å². The molecule has 0 aromatic rings. The Kier molecular flexibility index (Phi) is 7.41. The molecule has 10 atom stereocenters. The largest absolute Gasteiger partial charge is 0.393 e. The average molecular weight is 540 g/mol. The number of rotatable bonds is 6. The summed E-state index contributed by atoms with van der Waals surface area (Å²) in [7, 11) is -4.16. The Balaban J connectivity index is 1.77. The molecule has 37 heavy (non-hydrogen) atoms. The summed E-state index contributed by atoms with van der Waals surface area (Å²) in [5, 5.41) is 28.3. The molecule has 7 heteroatoms. The van der Waals surface area contributed by atoms with Gasteiger partial charge in [-0.3, -0.25) is 4.18 Å². The second-order valence-corrected chi connectivity index (χ2v) is 16.2. The van der Waals surface area contributed by atoms with Gasteiger partial charge in [0.05, 0.1) is 17.8 Å². The second kappa shape index (κ2) is 9.29. The summed E-state index contributed by atoms with van der Waals surface area (Å²) in [5.41, 5.74) is -0.0750. The molecule has 0 bridgehead atoms. The van der Waals surface area contributed by atoms with Crippen molar-refractivity contribution in [1.29, 1.82) is 0 Å². The summed E-state index contributed by atoms with van der Waals surface area (Å²) in [5.74, 6) is 0.480. The van der Waals surface area contributed by atoms with Gasteiger partial charge < -0.3 is 10.2 Å². The molecule has 0 radical (unpaired) electrons. The molecular formula is C30H53NO5S. The molecule has 0 unspecified atom stereocenters. The lowest BCUT2D eigenvalue weighted by Gasteiger charge is -2.70. The van der Waals surface area contributed by atoms with Gasteiger partial charge in [-0.1, -0.05) is 46.3 Å². The van der Waals surface area contributed by atoms with Gasteiger partial charge in [0.25, 0.3) is 0 Å². The molecular weight excluding hydrogens is 486 g/mol. The third-order valence-corrected chi connectivity index (χ3v) is 13.1. The fourth-order valence-electron chi connectivity index (χ4n) is 10.5. The van der Waals surface area contributed by atoms with E-state index in [-0.39, 0.29) is 45.5 Å². The van der Waals surface area contributed by atoms with Crippen LogP contribution >= 0.6 is 0 Å². The Labute approximate surface area is 226 Å². The van der Waals surface area contributed by atoms with Crippen LogP contribution in [0.5, 0.6) is 0 Å². The van der Waals surface area contributed by atoms with E-state index in [2.05, 4.69) is 54.5 Å². The lowest BCUT2D eigenvalue weighted by molar-refractivity contribution is -0.243. The van der Waals surface area contributed by atoms with Gasteiger partial charge in [0.2, 0.25) is 0 Å². The third-order valence-electron chi connectivity index (χ3n) is 12.6. The van der Waals surface area contributed by atoms with E-state index < -0.39 is 22.0 Å². The van der Waals surface area contributed by atoms with Crippen LogP contribution in [0.3, 0.4) is 0 Å². The molecule has 0 aromatic carbocycles. The monoisotopic (exact) mass is 539 g/mol. The van der Waals surface area contributed by atoms with Crippen molar-refractivity contribution in [2.75, 3.05) is 0 Å². The fraction of sp³-hybridized carbons (Fsp3) is 0.933. The Morgan fingerprint density at radius 3 is 2.24 bits per heavy atom. The molecule has 0 aliphatic heterocycles. The maximum atomic E-state index is 12.4. The van der Waals surface area contributed by atoms with Crippen molar-refractivity contribution in [1.82, 2.24) is 0 Å². The predicted octanol–water partition coefficient (Wildman–Crippen LogP) is 5.73. The smallest absolute Gasteiger partial charge is 0.333 e. The quantitative estimate of drug-likeness (QED) is 0.374. The van der Waals surface area contributed by atoms with Gasteiger partial charge in [0.15, 0.2) is 0 Å². The van der Waals surface area contributed by atoms with E-state index in [1.165, 1.54) is 5.57 Å². The average Bonchev–Trinajstić information content (AvgIpc) is 3.12. The van der Waals surface area contributed by atoms with Crippen molar-refractivity contribution in [3.8, 4) is 0 Å². The van der Waals surface area contributed by atoms with Crippen molar-refractivity contribution >= 4 is 10.3 Å². The van der Waals surface area contributed by atoms with Crippen molar-refractivity contribution in [3.63, 3.8) is 0 Å². The molecule has 4 aliphatic rings. The van der Waals surface area contributed by atoms with Gasteiger partial charge in [-0.25, -0.2) is 5.14 Å². The number of nitrogens with two attached hydrogens (primary N) is 1. The maximum Gasteiger partial charge on any atom is 0.333 e. The van der Waals surface area contributed by atoms with Crippen LogP contribution in [0.25, 0.3) is 0 Å². The zero-order chi connectivity index (χ0) is 27.8. The SMILES string of the molecule is CC(C)=CCC[C@@](C)(O)[C@H]1CC[C@]2(C)[C@@H]1[C@H](OS(N)(=O)=O)C[C@@H]1[C@@]3(C)CC[C@H](O)C(C)(C)[C@@H]3CC[C@]12C. The minimum Gasteiger partial charge on any atom is -0.393 e. The summed E-state index contributed by atoms with van der Waals surface area (Å²) >= 11 is 0. The number of allylic oxidation sites excluding steroid dienone is 2. The molecule has 214 valence electrons. The minimum atomic E-state index is -4.16. The van der Waals surface area contributed by atoms with Crippen LogP contribution in [0.1, 0.15) is 113 Å². The lowest BCUT2D eigenvalue weighted by Crippen LogP contribution is -2.67. The Bertz CT molecular complexity index is 1020. The lowest BCUT2D eigenvalue weighted by atomic mass is 9.35. The van der Waals surface area contributed by atoms with Gasteiger partial charge in [-0.15, -0.1) is 0 Å². The Morgan fingerprint density at radius 1 is 1.03 bits per heavy atom.